The smallest absolute Gasteiger partial charge is 0.254 e. The molecule has 0 aliphatic carbocycles. The van der Waals surface area contributed by atoms with Crippen LogP contribution in [-0.2, 0) is 10.0 Å². The molecule has 2 aromatic carbocycles. The number of carbonyl (C=O) groups is 2. The van der Waals surface area contributed by atoms with Crippen LogP contribution in [0.2, 0.25) is 0 Å². The predicted octanol–water partition coefficient (Wildman–Crippen LogP) is 3.74. The molecular weight excluding hydrogens is 444 g/mol. The molecule has 0 N–H and O–H groups in total. The van der Waals surface area contributed by atoms with Crippen molar-refractivity contribution in [2.24, 2.45) is 0 Å². The van der Waals surface area contributed by atoms with Crippen molar-refractivity contribution in [3.05, 3.63) is 87.1 Å². The van der Waals surface area contributed by atoms with Crippen LogP contribution < -0.4 is 0 Å². The van der Waals surface area contributed by atoms with Crippen molar-refractivity contribution in [3.8, 4) is 0 Å². The number of amides is 1. The molecule has 0 atom stereocenters. The van der Waals surface area contributed by atoms with E-state index in [9.17, 15) is 18.0 Å². The Kier molecular flexibility index (Phi) is 6.28. The Balaban J connectivity index is 1.51. The number of carbonyl (C=O) groups excluding carboxylic acids is 2. The van der Waals surface area contributed by atoms with Gasteiger partial charge in [-0.3, -0.25) is 9.59 Å². The second-order valence-electron chi connectivity index (χ2n) is 7.71. The number of benzene rings is 2. The van der Waals surface area contributed by atoms with Crippen LogP contribution >= 0.6 is 11.3 Å². The fraction of sp³-hybridized carbons (Fsp3) is 0.250. The van der Waals surface area contributed by atoms with E-state index in [1.807, 2.05) is 19.9 Å². The summed E-state index contributed by atoms with van der Waals surface area (Å²) >= 11 is 1.46. The molecule has 1 aliphatic rings. The number of nitrogens with zero attached hydrogens (tertiary/aromatic N) is 2. The first-order valence-electron chi connectivity index (χ1n) is 10.3. The standard InChI is InChI=1S/C24H24N2O4S2/c1-17-16-22(18(2)31-17)32(29,30)26-14-12-25(13-15-26)24(28)21-11-7-6-10-20(21)23(27)19-8-4-3-5-9-19/h3-11,16H,12-15H2,1-2H3. The van der Waals surface area contributed by atoms with E-state index in [2.05, 4.69) is 0 Å². The SMILES string of the molecule is Cc1cc(S(=O)(=O)N2CCN(C(=O)c3ccccc3C(=O)c3ccccc3)CC2)c(C)s1. The van der Waals surface area contributed by atoms with E-state index < -0.39 is 10.0 Å². The van der Waals surface area contributed by atoms with Crippen LogP contribution in [0.3, 0.4) is 0 Å². The molecule has 1 aromatic heterocycles. The Hall–Kier alpha value is -2.81. The van der Waals surface area contributed by atoms with Gasteiger partial charge in [0.05, 0.1) is 10.5 Å². The number of hydrogen-bond donors (Lipinski definition) is 0. The van der Waals surface area contributed by atoms with Crippen LogP contribution in [0.25, 0.3) is 0 Å². The lowest BCUT2D eigenvalue weighted by Gasteiger charge is -2.34. The first-order chi connectivity index (χ1) is 15.3. The highest BCUT2D eigenvalue weighted by Gasteiger charge is 2.33. The van der Waals surface area contributed by atoms with Crippen molar-refractivity contribution in [2.75, 3.05) is 26.2 Å². The minimum absolute atomic E-state index is 0.209. The fourth-order valence-corrected chi connectivity index (χ4v) is 6.86. The van der Waals surface area contributed by atoms with Crippen molar-refractivity contribution >= 4 is 33.1 Å². The molecule has 2 heterocycles. The maximum Gasteiger partial charge on any atom is 0.254 e. The summed E-state index contributed by atoms with van der Waals surface area (Å²) in [7, 11) is -3.59. The third-order valence-electron chi connectivity index (χ3n) is 5.58. The monoisotopic (exact) mass is 468 g/mol. The zero-order valence-corrected chi connectivity index (χ0v) is 19.6. The molecule has 0 bridgehead atoms. The highest BCUT2D eigenvalue weighted by Crippen LogP contribution is 2.28. The highest BCUT2D eigenvalue weighted by molar-refractivity contribution is 7.89. The summed E-state index contributed by atoms with van der Waals surface area (Å²) in [6.45, 7) is 4.68. The van der Waals surface area contributed by atoms with Crippen molar-refractivity contribution < 1.29 is 18.0 Å². The summed E-state index contributed by atoms with van der Waals surface area (Å²) in [5.41, 5.74) is 1.20. The van der Waals surface area contributed by atoms with Gasteiger partial charge in [0.1, 0.15) is 0 Å². The first kappa shape index (κ1) is 22.4. The van der Waals surface area contributed by atoms with E-state index in [0.717, 1.165) is 9.75 Å². The molecule has 4 rings (SSSR count). The lowest BCUT2D eigenvalue weighted by molar-refractivity contribution is 0.0694. The minimum atomic E-state index is -3.59. The van der Waals surface area contributed by atoms with E-state index in [-0.39, 0.29) is 37.9 Å². The second kappa shape index (κ2) is 8.97. The molecule has 0 saturated carbocycles. The highest BCUT2D eigenvalue weighted by atomic mass is 32.2. The molecular formula is C24H24N2O4S2. The minimum Gasteiger partial charge on any atom is -0.336 e. The lowest BCUT2D eigenvalue weighted by atomic mass is 9.97. The molecule has 0 spiro atoms. The van der Waals surface area contributed by atoms with Crippen LogP contribution in [-0.4, -0.2) is 55.5 Å². The van der Waals surface area contributed by atoms with Gasteiger partial charge in [-0.2, -0.15) is 4.31 Å². The molecule has 1 amide bonds. The number of rotatable bonds is 5. The molecule has 32 heavy (non-hydrogen) atoms. The molecule has 0 radical (unpaired) electrons. The Morgan fingerprint density at radius 3 is 2.03 bits per heavy atom. The number of hydrogen-bond acceptors (Lipinski definition) is 5. The van der Waals surface area contributed by atoms with Gasteiger partial charge in [0.15, 0.2) is 5.78 Å². The molecule has 1 fully saturated rings. The third kappa shape index (κ3) is 4.26. The molecule has 166 valence electrons. The Morgan fingerprint density at radius 2 is 1.44 bits per heavy atom. The Bertz CT molecular complexity index is 1260. The van der Waals surface area contributed by atoms with Crippen molar-refractivity contribution in [1.82, 2.24) is 9.21 Å². The van der Waals surface area contributed by atoms with Crippen LogP contribution in [0.4, 0.5) is 0 Å². The van der Waals surface area contributed by atoms with E-state index in [1.165, 1.54) is 15.6 Å². The van der Waals surface area contributed by atoms with Gasteiger partial charge in [0, 0.05) is 47.1 Å². The van der Waals surface area contributed by atoms with Gasteiger partial charge < -0.3 is 4.90 Å². The number of piperazine rings is 1. The average molecular weight is 469 g/mol. The van der Waals surface area contributed by atoms with Crippen LogP contribution in [0.1, 0.15) is 36.0 Å². The lowest BCUT2D eigenvalue weighted by Crippen LogP contribution is -2.50. The van der Waals surface area contributed by atoms with Gasteiger partial charge in [-0.05, 0) is 26.0 Å². The quantitative estimate of drug-likeness (QED) is 0.535. The molecule has 1 saturated heterocycles. The third-order valence-corrected chi connectivity index (χ3v) is 8.70. The largest absolute Gasteiger partial charge is 0.336 e. The summed E-state index contributed by atoms with van der Waals surface area (Å²) in [5.74, 6) is -0.469. The fourth-order valence-electron chi connectivity index (χ4n) is 3.92. The summed E-state index contributed by atoms with van der Waals surface area (Å²) in [5, 5.41) is 0. The van der Waals surface area contributed by atoms with E-state index in [4.69, 9.17) is 0 Å². The first-order valence-corrected chi connectivity index (χ1v) is 12.6. The van der Waals surface area contributed by atoms with Gasteiger partial charge in [-0.1, -0.05) is 48.5 Å². The number of aryl methyl sites for hydroxylation is 2. The normalized spacial score (nSPS) is 15.0. The zero-order valence-electron chi connectivity index (χ0n) is 17.9. The topological polar surface area (TPSA) is 74.8 Å². The van der Waals surface area contributed by atoms with E-state index in [1.54, 1.807) is 59.5 Å². The Morgan fingerprint density at radius 1 is 0.844 bits per heavy atom. The summed E-state index contributed by atoms with van der Waals surface area (Å²) in [6, 6.07) is 17.3. The maximum absolute atomic E-state index is 13.2. The van der Waals surface area contributed by atoms with E-state index >= 15 is 0 Å². The van der Waals surface area contributed by atoms with E-state index in [0.29, 0.717) is 21.6 Å². The zero-order chi connectivity index (χ0) is 22.9. The van der Waals surface area contributed by atoms with Crippen molar-refractivity contribution in [3.63, 3.8) is 0 Å². The van der Waals surface area contributed by atoms with Gasteiger partial charge in [0.2, 0.25) is 10.0 Å². The number of thiophene rings is 1. The summed E-state index contributed by atoms with van der Waals surface area (Å²) in [6.07, 6.45) is 0. The van der Waals surface area contributed by atoms with Gasteiger partial charge in [-0.15, -0.1) is 11.3 Å². The number of ketones is 1. The van der Waals surface area contributed by atoms with Gasteiger partial charge in [0.25, 0.3) is 5.91 Å². The molecule has 8 heteroatoms. The molecule has 6 nitrogen and oxygen atoms in total. The van der Waals surface area contributed by atoms with Gasteiger partial charge in [-0.25, -0.2) is 8.42 Å². The van der Waals surface area contributed by atoms with Crippen molar-refractivity contribution in [1.29, 1.82) is 0 Å². The summed E-state index contributed by atoms with van der Waals surface area (Å²) < 4.78 is 27.5. The number of sulfonamides is 1. The second-order valence-corrected chi connectivity index (χ2v) is 11.1. The molecule has 3 aromatic rings. The molecule has 1 aliphatic heterocycles. The van der Waals surface area contributed by atoms with Gasteiger partial charge >= 0.3 is 0 Å². The predicted molar refractivity (Wildman–Crippen MR) is 125 cm³/mol. The van der Waals surface area contributed by atoms with Crippen molar-refractivity contribution in [2.45, 2.75) is 18.7 Å². The van der Waals surface area contributed by atoms with Crippen LogP contribution in [0.15, 0.2) is 65.6 Å². The maximum atomic E-state index is 13.2. The average Bonchev–Trinajstić information content (AvgIpc) is 3.17. The summed E-state index contributed by atoms with van der Waals surface area (Å²) in [4.78, 5) is 29.9. The van der Waals surface area contributed by atoms with Crippen LogP contribution in [0.5, 0.6) is 0 Å². The van der Waals surface area contributed by atoms with Crippen LogP contribution in [0, 0.1) is 13.8 Å². The molecule has 0 unspecified atom stereocenters. The Labute approximate surface area is 192 Å².